The summed E-state index contributed by atoms with van der Waals surface area (Å²) in [6.07, 6.45) is 4.55. The summed E-state index contributed by atoms with van der Waals surface area (Å²) in [5.74, 6) is 0.676. The summed E-state index contributed by atoms with van der Waals surface area (Å²) in [4.78, 5) is 25.5. The van der Waals surface area contributed by atoms with Gasteiger partial charge in [0.25, 0.3) is 0 Å². The van der Waals surface area contributed by atoms with E-state index in [2.05, 4.69) is 19.2 Å². The first-order valence-electron chi connectivity index (χ1n) is 7.85. The van der Waals surface area contributed by atoms with Gasteiger partial charge in [-0.3, -0.25) is 4.90 Å². The lowest BCUT2D eigenvalue weighted by Gasteiger charge is -2.29. The molecule has 2 aliphatic carbocycles. The Hall–Kier alpha value is -0.910. The van der Waals surface area contributed by atoms with Crippen LogP contribution in [0, 0.1) is 17.3 Å². The van der Waals surface area contributed by atoms with Gasteiger partial charge in [-0.25, -0.2) is 9.59 Å². The van der Waals surface area contributed by atoms with Crippen molar-refractivity contribution in [3.05, 3.63) is 0 Å². The number of thioether (sulfide) groups is 1. The van der Waals surface area contributed by atoms with E-state index in [0.717, 1.165) is 25.7 Å². The normalized spacial score (nSPS) is 30.5. The van der Waals surface area contributed by atoms with E-state index >= 15 is 0 Å². The second-order valence-electron chi connectivity index (χ2n) is 7.00. The number of aliphatic carboxylic acids is 1. The number of hydrogen-bond donors (Lipinski definition) is 2. The van der Waals surface area contributed by atoms with E-state index in [1.54, 1.807) is 16.7 Å². The van der Waals surface area contributed by atoms with E-state index in [1.165, 1.54) is 0 Å². The highest BCUT2D eigenvalue weighted by molar-refractivity contribution is 8.00. The summed E-state index contributed by atoms with van der Waals surface area (Å²) in [5.41, 5.74) is 0.246. The van der Waals surface area contributed by atoms with E-state index in [9.17, 15) is 14.7 Å². The van der Waals surface area contributed by atoms with Gasteiger partial charge in [-0.15, -0.1) is 11.8 Å². The van der Waals surface area contributed by atoms with E-state index in [4.69, 9.17) is 0 Å². The highest BCUT2D eigenvalue weighted by Crippen LogP contribution is 2.51. The molecule has 0 spiro atoms. The van der Waals surface area contributed by atoms with E-state index in [1.807, 2.05) is 0 Å². The van der Waals surface area contributed by atoms with Crippen LogP contribution in [0.2, 0.25) is 0 Å². The van der Waals surface area contributed by atoms with Crippen molar-refractivity contribution in [1.82, 2.24) is 10.2 Å². The molecule has 1 saturated heterocycles. The molecule has 0 radical (unpaired) electrons. The van der Waals surface area contributed by atoms with Crippen LogP contribution in [0.4, 0.5) is 4.79 Å². The maximum Gasteiger partial charge on any atom is 0.327 e. The number of carboxylic acid groups (broad SMARTS) is 1. The maximum atomic E-state index is 12.5. The molecule has 21 heavy (non-hydrogen) atoms. The van der Waals surface area contributed by atoms with Gasteiger partial charge in [-0.05, 0) is 42.9 Å². The van der Waals surface area contributed by atoms with Gasteiger partial charge >= 0.3 is 12.0 Å². The zero-order valence-corrected chi connectivity index (χ0v) is 13.5. The summed E-state index contributed by atoms with van der Waals surface area (Å²) in [7, 11) is 0. The van der Waals surface area contributed by atoms with Gasteiger partial charge in [-0.1, -0.05) is 13.8 Å². The largest absolute Gasteiger partial charge is 0.480 e. The Labute approximate surface area is 129 Å². The number of amides is 2. The fourth-order valence-corrected chi connectivity index (χ4v) is 4.81. The number of nitrogens with one attached hydrogen (secondary N) is 1. The zero-order valence-electron chi connectivity index (χ0n) is 12.7. The van der Waals surface area contributed by atoms with Crippen molar-refractivity contribution in [2.45, 2.75) is 50.9 Å². The molecule has 3 rings (SSSR count). The number of carbonyl (C=O) groups excluding carboxylic acids is 1. The molecule has 5 nitrogen and oxygen atoms in total. The van der Waals surface area contributed by atoms with Crippen molar-refractivity contribution >= 4 is 23.8 Å². The first kappa shape index (κ1) is 15.0. The molecular weight excluding hydrogens is 288 g/mol. The molecule has 0 bridgehead atoms. The third-order valence-corrected chi connectivity index (χ3v) is 6.75. The fourth-order valence-electron chi connectivity index (χ4n) is 3.18. The highest BCUT2D eigenvalue weighted by Gasteiger charge is 2.49. The first-order valence-corrected chi connectivity index (χ1v) is 8.90. The van der Waals surface area contributed by atoms with Gasteiger partial charge in [0.15, 0.2) is 0 Å². The molecule has 6 heteroatoms. The summed E-state index contributed by atoms with van der Waals surface area (Å²) in [5, 5.41) is 12.4. The Morgan fingerprint density at radius 3 is 2.52 bits per heavy atom. The summed E-state index contributed by atoms with van der Waals surface area (Å²) < 4.78 is 0. The van der Waals surface area contributed by atoms with Gasteiger partial charge in [0.1, 0.15) is 6.04 Å². The summed E-state index contributed by atoms with van der Waals surface area (Å²) >= 11 is 1.63. The monoisotopic (exact) mass is 312 g/mol. The smallest absolute Gasteiger partial charge is 0.327 e. The van der Waals surface area contributed by atoms with Crippen LogP contribution in [0.15, 0.2) is 0 Å². The summed E-state index contributed by atoms with van der Waals surface area (Å²) in [6.45, 7) is 5.06. The molecular formula is C15H24N2O3S. The predicted octanol–water partition coefficient (Wildman–Crippen LogP) is 2.37. The standard InChI is InChI=1S/C15H24N2O3S/c1-9(2)15(5-6-15)8-16-14(20)17-11(13(18)19)7-21-12(17)10-3-4-10/h9-12H,3-8H2,1-2H3,(H,16,20)(H,18,19). The molecule has 3 aliphatic rings. The average Bonchev–Trinajstić information content (AvgIpc) is 3.34. The third-order valence-electron chi connectivity index (χ3n) is 5.29. The van der Waals surface area contributed by atoms with Crippen LogP contribution >= 0.6 is 11.8 Å². The van der Waals surface area contributed by atoms with Crippen LogP contribution in [0.5, 0.6) is 0 Å². The van der Waals surface area contributed by atoms with Crippen molar-refractivity contribution < 1.29 is 14.7 Å². The van der Waals surface area contributed by atoms with Crippen molar-refractivity contribution in [2.75, 3.05) is 12.3 Å². The Morgan fingerprint density at radius 2 is 2.05 bits per heavy atom. The van der Waals surface area contributed by atoms with Crippen LogP contribution in [0.25, 0.3) is 0 Å². The van der Waals surface area contributed by atoms with Crippen molar-refractivity contribution in [3.8, 4) is 0 Å². The maximum absolute atomic E-state index is 12.5. The van der Waals surface area contributed by atoms with E-state index in [0.29, 0.717) is 24.1 Å². The van der Waals surface area contributed by atoms with Gasteiger partial charge in [0.05, 0.1) is 5.37 Å². The molecule has 0 aromatic carbocycles. The second kappa shape index (κ2) is 5.38. The van der Waals surface area contributed by atoms with Gasteiger partial charge < -0.3 is 10.4 Å². The van der Waals surface area contributed by atoms with Gasteiger partial charge in [0.2, 0.25) is 0 Å². The molecule has 1 aliphatic heterocycles. The Morgan fingerprint density at radius 1 is 1.38 bits per heavy atom. The van der Waals surface area contributed by atoms with Crippen molar-refractivity contribution in [3.63, 3.8) is 0 Å². The van der Waals surface area contributed by atoms with Crippen molar-refractivity contribution in [1.29, 1.82) is 0 Å². The Balaban J connectivity index is 1.64. The highest BCUT2D eigenvalue weighted by atomic mass is 32.2. The molecule has 1 heterocycles. The quantitative estimate of drug-likeness (QED) is 0.818. The summed E-state index contributed by atoms with van der Waals surface area (Å²) in [6, 6.07) is -0.856. The van der Waals surface area contributed by atoms with Crippen molar-refractivity contribution in [2.24, 2.45) is 17.3 Å². The number of urea groups is 1. The van der Waals surface area contributed by atoms with Crippen LogP contribution in [-0.4, -0.2) is 45.7 Å². The van der Waals surface area contributed by atoms with E-state index in [-0.39, 0.29) is 16.8 Å². The lowest BCUT2D eigenvalue weighted by Crippen LogP contribution is -2.51. The van der Waals surface area contributed by atoms with Gasteiger partial charge in [-0.2, -0.15) is 0 Å². The predicted molar refractivity (Wildman–Crippen MR) is 82.1 cm³/mol. The molecule has 2 amide bonds. The van der Waals surface area contributed by atoms with E-state index < -0.39 is 12.0 Å². The second-order valence-corrected chi connectivity index (χ2v) is 8.15. The Bertz CT molecular complexity index is 446. The zero-order chi connectivity index (χ0) is 15.2. The topological polar surface area (TPSA) is 69.6 Å². The minimum atomic E-state index is -0.884. The van der Waals surface area contributed by atoms with Crippen LogP contribution in [0.3, 0.4) is 0 Å². The SMILES string of the molecule is CC(C)C1(CNC(=O)N2C(C(=O)O)CSC2C2CC2)CC1. The lowest BCUT2D eigenvalue weighted by molar-refractivity contribution is -0.141. The molecule has 2 unspecified atom stereocenters. The molecule has 2 atom stereocenters. The lowest BCUT2D eigenvalue weighted by atomic mass is 9.92. The number of nitrogens with zero attached hydrogens (tertiary/aromatic N) is 1. The number of carboxylic acids is 1. The molecule has 2 saturated carbocycles. The molecule has 2 N–H and O–H groups in total. The Kier molecular flexibility index (Phi) is 3.84. The minimum absolute atomic E-state index is 0.0558. The third kappa shape index (κ3) is 2.87. The van der Waals surface area contributed by atoms with Crippen LogP contribution < -0.4 is 5.32 Å². The minimum Gasteiger partial charge on any atom is -0.480 e. The molecule has 3 fully saturated rings. The molecule has 0 aromatic heterocycles. The van der Waals surface area contributed by atoms with Gasteiger partial charge in [0, 0.05) is 12.3 Å². The fraction of sp³-hybridized carbons (Fsp3) is 0.867. The number of carbonyl (C=O) groups is 2. The molecule has 0 aromatic rings. The molecule has 118 valence electrons. The van der Waals surface area contributed by atoms with Crippen LogP contribution in [-0.2, 0) is 4.79 Å². The number of hydrogen-bond acceptors (Lipinski definition) is 3. The first-order chi connectivity index (χ1) is 9.94. The number of rotatable bonds is 5. The average molecular weight is 312 g/mol. The van der Waals surface area contributed by atoms with Crippen LogP contribution in [0.1, 0.15) is 39.5 Å².